The molecule has 0 spiro atoms. The van der Waals surface area contributed by atoms with E-state index in [1.165, 1.54) is 30.9 Å². The first-order chi connectivity index (χ1) is 14.0. The van der Waals surface area contributed by atoms with Gasteiger partial charge in [0.25, 0.3) is 0 Å². The summed E-state index contributed by atoms with van der Waals surface area (Å²) in [5, 5.41) is 7.86. The molecule has 4 aromatic rings. The quantitative estimate of drug-likeness (QED) is 0.460. The average molecular weight is 403 g/mol. The van der Waals surface area contributed by atoms with Gasteiger partial charge in [-0.3, -0.25) is 0 Å². The van der Waals surface area contributed by atoms with Crippen molar-refractivity contribution in [1.82, 2.24) is 19.8 Å². The van der Waals surface area contributed by atoms with Crippen molar-refractivity contribution in [3.63, 3.8) is 0 Å². The van der Waals surface area contributed by atoms with Crippen molar-refractivity contribution in [2.24, 2.45) is 7.05 Å². The van der Waals surface area contributed by atoms with Gasteiger partial charge in [0, 0.05) is 17.7 Å². The number of benzene rings is 3. The van der Waals surface area contributed by atoms with Gasteiger partial charge in [0.15, 0.2) is 0 Å². The Morgan fingerprint density at radius 3 is 2.34 bits per heavy atom. The summed E-state index contributed by atoms with van der Waals surface area (Å²) in [5.41, 5.74) is 6.44. The Bertz CT molecular complexity index is 1210. The lowest BCUT2D eigenvalue weighted by atomic mass is 10.0. The zero-order chi connectivity index (χ0) is 20.4. The van der Waals surface area contributed by atoms with Crippen LogP contribution in [0, 0.1) is 13.8 Å². The lowest BCUT2D eigenvalue weighted by molar-refractivity contribution is 0.692. The molecule has 1 heterocycles. The molecule has 6 heteroatoms. The molecule has 1 aromatic heterocycles. The Hall–Kier alpha value is -3.12. The molecule has 0 unspecified atom stereocenters. The highest BCUT2D eigenvalue weighted by Gasteiger charge is 2.14. The van der Waals surface area contributed by atoms with Gasteiger partial charge in [-0.15, -0.1) is 11.8 Å². The third-order valence-electron chi connectivity index (χ3n) is 4.99. The van der Waals surface area contributed by atoms with Gasteiger partial charge in [0.2, 0.25) is 0 Å². The van der Waals surface area contributed by atoms with Gasteiger partial charge in [0.1, 0.15) is 0 Å². The van der Waals surface area contributed by atoms with Crippen LogP contribution in [0.3, 0.4) is 0 Å². The van der Waals surface area contributed by atoms with Crippen LogP contribution < -0.4 is 5.69 Å². The molecule has 4 rings (SSSR count). The first kappa shape index (κ1) is 19.2. The molecule has 0 saturated carbocycles. The van der Waals surface area contributed by atoms with Crippen LogP contribution in [0.4, 0.5) is 0 Å². The normalized spacial score (nSPS) is 11.0. The highest BCUT2D eigenvalue weighted by atomic mass is 32.2. The second-order valence-corrected chi connectivity index (χ2v) is 8.02. The van der Waals surface area contributed by atoms with Gasteiger partial charge >= 0.3 is 5.69 Å². The van der Waals surface area contributed by atoms with Crippen LogP contribution in [0.2, 0.25) is 0 Å². The molecule has 0 atom stereocenters. The predicted octanol–water partition coefficient (Wildman–Crippen LogP) is 4.54. The van der Waals surface area contributed by atoms with Crippen molar-refractivity contribution in [1.29, 1.82) is 0 Å². The Morgan fingerprint density at radius 1 is 0.862 bits per heavy atom. The maximum atomic E-state index is 12.3. The minimum atomic E-state index is -0.245. The van der Waals surface area contributed by atoms with E-state index in [1.54, 1.807) is 18.8 Å². The van der Waals surface area contributed by atoms with Gasteiger partial charge < -0.3 is 0 Å². The summed E-state index contributed by atoms with van der Waals surface area (Å²) in [4.78, 5) is 13.6. The molecule has 0 saturated heterocycles. The molecule has 0 N–H and O–H groups in total. The number of aryl methyl sites for hydroxylation is 3. The van der Waals surface area contributed by atoms with Gasteiger partial charge in [-0.25, -0.2) is 4.79 Å². The van der Waals surface area contributed by atoms with E-state index in [1.807, 2.05) is 18.2 Å². The lowest BCUT2D eigenvalue weighted by Crippen LogP contribution is -2.23. The molecule has 0 amide bonds. The Labute approximate surface area is 174 Å². The van der Waals surface area contributed by atoms with Crippen LogP contribution in [0.5, 0.6) is 0 Å². The van der Waals surface area contributed by atoms with Crippen molar-refractivity contribution < 1.29 is 0 Å². The molecular weight excluding hydrogens is 380 g/mol. The van der Waals surface area contributed by atoms with Crippen LogP contribution in [0.25, 0.3) is 16.8 Å². The SMILES string of the molecule is Cc1cc(-c2ccccc2)ccc1SCc1c(C)cccc1-n1nnn(C)c1=O. The number of aromatic nitrogens is 4. The second kappa shape index (κ2) is 8.09. The maximum Gasteiger partial charge on any atom is 0.368 e. The van der Waals surface area contributed by atoms with E-state index in [4.69, 9.17) is 0 Å². The monoisotopic (exact) mass is 402 g/mol. The summed E-state index contributed by atoms with van der Waals surface area (Å²) in [6, 6.07) is 22.9. The van der Waals surface area contributed by atoms with E-state index in [-0.39, 0.29) is 5.69 Å². The first-order valence-electron chi connectivity index (χ1n) is 9.41. The van der Waals surface area contributed by atoms with E-state index in [0.29, 0.717) is 0 Å². The zero-order valence-electron chi connectivity index (χ0n) is 16.7. The lowest BCUT2D eigenvalue weighted by Gasteiger charge is -2.13. The number of rotatable bonds is 5. The fraction of sp³-hybridized carbons (Fsp3) is 0.174. The summed E-state index contributed by atoms with van der Waals surface area (Å²) in [6.45, 7) is 4.20. The van der Waals surface area contributed by atoms with E-state index in [0.717, 1.165) is 22.6 Å². The van der Waals surface area contributed by atoms with Crippen LogP contribution in [-0.2, 0) is 12.8 Å². The number of thioether (sulfide) groups is 1. The van der Waals surface area contributed by atoms with Gasteiger partial charge in [-0.2, -0.15) is 9.36 Å². The fourth-order valence-corrected chi connectivity index (χ4v) is 4.44. The number of tetrazole rings is 1. The predicted molar refractivity (Wildman–Crippen MR) is 118 cm³/mol. The van der Waals surface area contributed by atoms with Crippen LogP contribution in [0.15, 0.2) is 76.4 Å². The first-order valence-corrected chi connectivity index (χ1v) is 10.4. The Kier molecular flexibility index (Phi) is 5.36. The average Bonchev–Trinajstić information content (AvgIpc) is 3.07. The van der Waals surface area contributed by atoms with Gasteiger partial charge in [-0.1, -0.05) is 54.6 Å². The molecule has 0 aliphatic heterocycles. The van der Waals surface area contributed by atoms with Gasteiger partial charge in [-0.05, 0) is 64.2 Å². The van der Waals surface area contributed by atoms with E-state index in [9.17, 15) is 4.79 Å². The molecule has 0 aliphatic carbocycles. The smallest absolute Gasteiger partial charge is 0.244 e. The van der Waals surface area contributed by atoms with Crippen molar-refractivity contribution in [2.45, 2.75) is 24.5 Å². The summed E-state index contributed by atoms with van der Waals surface area (Å²) >= 11 is 1.77. The third kappa shape index (κ3) is 3.89. The van der Waals surface area contributed by atoms with Crippen molar-refractivity contribution >= 4 is 11.8 Å². The van der Waals surface area contributed by atoms with Crippen molar-refractivity contribution in [3.8, 4) is 16.8 Å². The highest BCUT2D eigenvalue weighted by Crippen LogP contribution is 2.32. The molecule has 5 nitrogen and oxygen atoms in total. The van der Waals surface area contributed by atoms with Crippen LogP contribution in [0.1, 0.15) is 16.7 Å². The molecule has 0 fully saturated rings. The molecule has 0 bridgehead atoms. The maximum absolute atomic E-state index is 12.3. The molecule has 3 aromatic carbocycles. The largest absolute Gasteiger partial charge is 0.368 e. The Balaban J connectivity index is 1.62. The van der Waals surface area contributed by atoms with E-state index in [2.05, 4.69) is 72.8 Å². The summed E-state index contributed by atoms with van der Waals surface area (Å²) < 4.78 is 2.61. The number of hydrogen-bond acceptors (Lipinski definition) is 4. The molecular formula is C23H22N4OS. The summed E-state index contributed by atoms with van der Waals surface area (Å²) in [6.07, 6.45) is 0. The van der Waals surface area contributed by atoms with Crippen LogP contribution in [-0.4, -0.2) is 19.8 Å². The van der Waals surface area contributed by atoms with Crippen molar-refractivity contribution in [3.05, 3.63) is 93.9 Å². The molecule has 0 aliphatic rings. The third-order valence-corrected chi connectivity index (χ3v) is 6.19. The zero-order valence-corrected chi connectivity index (χ0v) is 17.5. The molecule has 29 heavy (non-hydrogen) atoms. The number of hydrogen-bond donors (Lipinski definition) is 0. The highest BCUT2D eigenvalue weighted by molar-refractivity contribution is 7.98. The topological polar surface area (TPSA) is 52.7 Å². The van der Waals surface area contributed by atoms with E-state index >= 15 is 0 Å². The molecule has 146 valence electrons. The second-order valence-electron chi connectivity index (χ2n) is 7.00. The summed E-state index contributed by atoms with van der Waals surface area (Å²) in [5.74, 6) is 0.747. The van der Waals surface area contributed by atoms with Gasteiger partial charge in [0.05, 0.1) is 5.69 Å². The summed E-state index contributed by atoms with van der Waals surface area (Å²) in [7, 11) is 1.60. The van der Waals surface area contributed by atoms with Crippen molar-refractivity contribution in [2.75, 3.05) is 0 Å². The minimum Gasteiger partial charge on any atom is -0.244 e. The Morgan fingerprint density at radius 2 is 1.66 bits per heavy atom. The number of nitrogens with zero attached hydrogens (tertiary/aromatic N) is 4. The van der Waals surface area contributed by atoms with Crippen LogP contribution >= 0.6 is 11.8 Å². The molecule has 0 radical (unpaired) electrons. The standard InChI is InChI=1S/C23H22N4OS/c1-16-8-7-11-21(27-23(28)26(3)24-25-27)20(16)15-29-22-13-12-19(14-17(22)2)18-9-5-4-6-10-18/h4-14H,15H2,1-3H3. The van der Waals surface area contributed by atoms with E-state index < -0.39 is 0 Å². The fourth-order valence-electron chi connectivity index (χ4n) is 3.31. The minimum absolute atomic E-state index is 0.245.